The van der Waals surface area contributed by atoms with Gasteiger partial charge >= 0.3 is 0 Å². The first-order valence-electron chi connectivity index (χ1n) is 12.0. The second-order valence-corrected chi connectivity index (χ2v) is 11.4. The maximum absolute atomic E-state index is 11.0. The molecule has 2 aromatic heterocycles. The SMILES string of the molecule is CC(O)(C=O)CN1CCC(CCn2cnc(=N)c3[nH]c(Sc4cc5c(cc4Br)OCCO5)nc32)CC1. The number of carbonyl (C=O) groups excluding carboxylic acids is 1. The van der Waals surface area contributed by atoms with Crippen molar-refractivity contribution in [2.75, 3.05) is 32.8 Å². The number of aliphatic hydroxyl groups is 1. The second kappa shape index (κ2) is 10.5. The van der Waals surface area contributed by atoms with Crippen LogP contribution in [0.5, 0.6) is 11.5 Å². The molecule has 3 N–H and O–H groups in total. The highest BCUT2D eigenvalue weighted by Crippen LogP contribution is 2.41. The lowest BCUT2D eigenvalue weighted by molar-refractivity contribution is -0.124. The van der Waals surface area contributed by atoms with Crippen LogP contribution < -0.4 is 15.0 Å². The van der Waals surface area contributed by atoms with Crippen LogP contribution in [-0.4, -0.2) is 74.3 Å². The molecular formula is C24H29BrN6O4S. The Balaban J connectivity index is 1.26. The molecule has 3 aromatic rings. The van der Waals surface area contributed by atoms with E-state index < -0.39 is 5.60 Å². The zero-order valence-corrected chi connectivity index (χ0v) is 22.4. The fourth-order valence-corrected chi connectivity index (χ4v) is 6.03. The molecule has 0 bridgehead atoms. The van der Waals surface area contributed by atoms with E-state index in [0.29, 0.717) is 54.0 Å². The van der Waals surface area contributed by atoms with Crippen LogP contribution in [0.15, 0.2) is 33.0 Å². The number of aromatic nitrogens is 4. The Bertz CT molecular complexity index is 1320. The van der Waals surface area contributed by atoms with E-state index in [9.17, 15) is 9.90 Å². The van der Waals surface area contributed by atoms with E-state index in [1.165, 1.54) is 11.8 Å². The smallest absolute Gasteiger partial charge is 0.173 e. The van der Waals surface area contributed by atoms with Gasteiger partial charge in [0, 0.05) is 22.5 Å². The Morgan fingerprint density at radius 1 is 1.31 bits per heavy atom. The number of hydrogen-bond donors (Lipinski definition) is 3. The van der Waals surface area contributed by atoms with Crippen molar-refractivity contribution in [3.63, 3.8) is 0 Å². The number of piperidine rings is 1. The van der Waals surface area contributed by atoms with Gasteiger partial charge in [0.05, 0.1) is 6.33 Å². The number of benzene rings is 1. The average Bonchev–Trinajstić information content (AvgIpc) is 3.30. The number of H-pyrrole nitrogens is 1. The number of fused-ring (bicyclic) bond motifs is 2. The van der Waals surface area contributed by atoms with Crippen LogP contribution in [0.25, 0.3) is 11.2 Å². The summed E-state index contributed by atoms with van der Waals surface area (Å²) in [5.41, 5.74) is 0.200. The topological polar surface area (TPSA) is 129 Å². The number of hydrogen-bond acceptors (Lipinski definition) is 9. The predicted octanol–water partition coefficient (Wildman–Crippen LogP) is 2.98. The maximum Gasteiger partial charge on any atom is 0.173 e. The molecule has 5 rings (SSSR count). The molecule has 0 spiro atoms. The molecule has 1 saturated heterocycles. The molecule has 2 aliphatic heterocycles. The molecule has 0 saturated carbocycles. The average molecular weight is 578 g/mol. The van der Waals surface area contributed by atoms with E-state index in [2.05, 4.69) is 30.8 Å². The molecule has 36 heavy (non-hydrogen) atoms. The van der Waals surface area contributed by atoms with Crippen LogP contribution in [-0.2, 0) is 11.3 Å². The quantitative estimate of drug-likeness (QED) is 0.349. The second-order valence-electron chi connectivity index (χ2n) is 9.54. The molecule has 0 radical (unpaired) electrons. The summed E-state index contributed by atoms with van der Waals surface area (Å²) in [4.78, 5) is 26.4. The minimum Gasteiger partial charge on any atom is -0.486 e. The number of rotatable bonds is 8. The van der Waals surface area contributed by atoms with Crippen LogP contribution in [0, 0.1) is 11.3 Å². The van der Waals surface area contributed by atoms with Crippen molar-refractivity contribution in [3.05, 3.63) is 28.4 Å². The van der Waals surface area contributed by atoms with E-state index in [4.69, 9.17) is 19.9 Å². The fraction of sp³-hybridized carbons (Fsp3) is 0.500. The highest BCUT2D eigenvalue weighted by molar-refractivity contribution is 9.10. The third-order valence-electron chi connectivity index (χ3n) is 6.58. The van der Waals surface area contributed by atoms with Gasteiger partial charge in [-0.25, -0.2) is 9.97 Å². The van der Waals surface area contributed by atoms with E-state index in [1.807, 2.05) is 16.7 Å². The maximum atomic E-state index is 11.0. The minimum absolute atomic E-state index is 0.164. The highest BCUT2D eigenvalue weighted by atomic mass is 79.9. The number of aryl methyl sites for hydroxylation is 1. The molecule has 1 fully saturated rings. The third kappa shape index (κ3) is 5.61. The van der Waals surface area contributed by atoms with Gasteiger partial charge in [0.25, 0.3) is 0 Å². The number of ether oxygens (including phenoxy) is 2. The summed E-state index contributed by atoms with van der Waals surface area (Å²) < 4.78 is 14.3. The summed E-state index contributed by atoms with van der Waals surface area (Å²) in [6, 6.07) is 3.84. The standard InChI is InChI=1S/C24H29BrN6O4S/c1-24(33,13-32)12-30-5-2-15(3-6-30)4-7-31-14-27-21(26)20-22(31)29-23(28-20)36-19-11-18-17(10-16(19)25)34-8-9-35-18/h10-11,13-15,26,33H,2-9,12H2,1H3,(H,28,29). The van der Waals surface area contributed by atoms with Crippen LogP contribution in [0.3, 0.4) is 0 Å². The number of nitrogens with zero attached hydrogens (tertiary/aromatic N) is 4. The molecule has 4 heterocycles. The Morgan fingerprint density at radius 2 is 2.03 bits per heavy atom. The normalized spacial score (nSPS) is 18.3. The van der Waals surface area contributed by atoms with Gasteiger partial charge in [-0.05, 0) is 73.3 Å². The fourth-order valence-electron chi connectivity index (χ4n) is 4.65. The lowest BCUT2D eigenvalue weighted by Crippen LogP contribution is -2.45. The molecule has 2 aliphatic rings. The Morgan fingerprint density at radius 3 is 2.75 bits per heavy atom. The van der Waals surface area contributed by atoms with Crippen LogP contribution in [0.1, 0.15) is 26.2 Å². The highest BCUT2D eigenvalue weighted by Gasteiger charge is 2.27. The predicted molar refractivity (Wildman–Crippen MR) is 137 cm³/mol. The largest absolute Gasteiger partial charge is 0.486 e. The van der Waals surface area contributed by atoms with Gasteiger partial charge < -0.3 is 33.8 Å². The molecule has 10 nitrogen and oxygen atoms in total. The molecule has 0 amide bonds. The number of likely N-dealkylation sites (tertiary alicyclic amines) is 1. The lowest BCUT2D eigenvalue weighted by atomic mass is 9.92. The first-order valence-corrected chi connectivity index (χ1v) is 13.6. The van der Waals surface area contributed by atoms with Gasteiger partial charge in [-0.3, -0.25) is 5.41 Å². The number of aromatic amines is 1. The van der Waals surface area contributed by atoms with Crippen LogP contribution >= 0.6 is 27.7 Å². The zero-order chi connectivity index (χ0) is 25.3. The monoisotopic (exact) mass is 576 g/mol. The van der Waals surface area contributed by atoms with E-state index >= 15 is 0 Å². The van der Waals surface area contributed by atoms with E-state index in [0.717, 1.165) is 54.0 Å². The third-order valence-corrected chi connectivity index (χ3v) is 8.45. The number of imidazole rings is 1. The number of halogens is 1. The summed E-state index contributed by atoms with van der Waals surface area (Å²) in [6.45, 7) is 5.48. The van der Waals surface area contributed by atoms with Crippen LogP contribution in [0.2, 0.25) is 0 Å². The van der Waals surface area contributed by atoms with Gasteiger partial charge in [0.15, 0.2) is 34.1 Å². The summed E-state index contributed by atoms with van der Waals surface area (Å²) in [6.07, 6.45) is 5.31. The Hall–Kier alpha value is -2.41. The first kappa shape index (κ1) is 25.2. The number of nitrogens with one attached hydrogen (secondary N) is 2. The lowest BCUT2D eigenvalue weighted by Gasteiger charge is -2.34. The molecule has 0 aliphatic carbocycles. The molecule has 1 aromatic carbocycles. The first-order chi connectivity index (χ1) is 17.3. The van der Waals surface area contributed by atoms with Crippen molar-refractivity contribution in [3.8, 4) is 11.5 Å². The van der Waals surface area contributed by atoms with Gasteiger partial charge in [-0.15, -0.1) is 0 Å². The van der Waals surface area contributed by atoms with Crippen molar-refractivity contribution < 1.29 is 19.4 Å². The Labute approximate surface area is 221 Å². The van der Waals surface area contributed by atoms with Crippen LogP contribution in [0.4, 0.5) is 0 Å². The summed E-state index contributed by atoms with van der Waals surface area (Å²) in [5.74, 6) is 1.97. The molecular weight excluding hydrogens is 548 g/mol. The minimum atomic E-state index is -1.29. The molecule has 192 valence electrons. The van der Waals surface area contributed by atoms with E-state index in [1.54, 1.807) is 13.3 Å². The van der Waals surface area contributed by atoms with E-state index in [-0.39, 0.29) is 5.49 Å². The number of β-amino-alcohol motifs (C(OH)–C–C–N with tert-alkyl or cyclic N) is 1. The van der Waals surface area contributed by atoms with Gasteiger partial charge in [0.2, 0.25) is 0 Å². The summed E-state index contributed by atoms with van der Waals surface area (Å²) in [5, 5.41) is 18.9. The van der Waals surface area contributed by atoms with Crippen molar-refractivity contribution >= 4 is 45.1 Å². The molecule has 1 atom stereocenters. The zero-order valence-electron chi connectivity index (χ0n) is 20.0. The van der Waals surface area contributed by atoms with Crippen molar-refractivity contribution in [1.29, 1.82) is 5.41 Å². The Kier molecular flexibility index (Phi) is 7.38. The molecule has 12 heteroatoms. The van der Waals surface area contributed by atoms with Crippen molar-refractivity contribution in [2.24, 2.45) is 5.92 Å². The van der Waals surface area contributed by atoms with Gasteiger partial charge in [-0.1, -0.05) is 11.8 Å². The van der Waals surface area contributed by atoms with Gasteiger partial charge in [0.1, 0.15) is 24.3 Å². The van der Waals surface area contributed by atoms with Gasteiger partial charge in [-0.2, -0.15) is 0 Å². The summed E-state index contributed by atoms with van der Waals surface area (Å²) >= 11 is 5.07. The number of aldehydes is 1. The van der Waals surface area contributed by atoms with Crippen molar-refractivity contribution in [1.82, 2.24) is 24.4 Å². The summed E-state index contributed by atoms with van der Waals surface area (Å²) in [7, 11) is 0. The van der Waals surface area contributed by atoms with Crippen molar-refractivity contribution in [2.45, 2.75) is 48.4 Å². The number of carbonyl (C=O) groups is 1. The molecule has 1 unspecified atom stereocenters.